The molecule has 84 valence electrons. The van der Waals surface area contributed by atoms with Crippen LogP contribution in [0.5, 0.6) is 0 Å². The van der Waals surface area contributed by atoms with Crippen molar-refractivity contribution in [1.29, 1.82) is 0 Å². The van der Waals surface area contributed by atoms with E-state index in [4.69, 9.17) is 0 Å². The van der Waals surface area contributed by atoms with Gasteiger partial charge in [-0.3, -0.25) is 0 Å². The molecular weight excluding hydrogens is 170 g/mol. The molecule has 0 N–H and O–H groups in total. The van der Waals surface area contributed by atoms with Crippen molar-refractivity contribution >= 4 is 0 Å². The van der Waals surface area contributed by atoms with E-state index in [1.54, 1.807) is 0 Å². The zero-order valence-corrected chi connectivity index (χ0v) is 10.6. The minimum atomic E-state index is 0.767. The van der Waals surface area contributed by atoms with Crippen LogP contribution in [-0.2, 0) is 0 Å². The van der Waals surface area contributed by atoms with Gasteiger partial charge >= 0.3 is 0 Å². The molecule has 0 heterocycles. The lowest BCUT2D eigenvalue weighted by Crippen LogP contribution is -2.35. The maximum Gasteiger partial charge on any atom is 0.00891 e. The van der Waals surface area contributed by atoms with Crippen molar-refractivity contribution in [3.63, 3.8) is 0 Å². The van der Waals surface area contributed by atoms with E-state index in [1.165, 1.54) is 25.7 Å². The molecule has 0 aromatic heterocycles. The van der Waals surface area contributed by atoms with E-state index in [1.807, 2.05) is 0 Å². The first-order valence-electron chi connectivity index (χ1n) is 6.18. The molecule has 1 aliphatic carbocycles. The minimum Gasteiger partial charge on any atom is -0.306 e. The third kappa shape index (κ3) is 2.98. The Labute approximate surface area is 89.9 Å². The molecule has 1 aliphatic rings. The summed E-state index contributed by atoms with van der Waals surface area (Å²) in [6, 6.07) is 0.767. The molecule has 14 heavy (non-hydrogen) atoms. The highest BCUT2D eigenvalue weighted by Crippen LogP contribution is 2.35. The van der Waals surface area contributed by atoms with Crippen molar-refractivity contribution in [3.8, 4) is 0 Å². The van der Waals surface area contributed by atoms with E-state index in [-0.39, 0.29) is 0 Å². The Balaban J connectivity index is 2.35. The summed E-state index contributed by atoms with van der Waals surface area (Å²) < 4.78 is 0. The first-order valence-corrected chi connectivity index (χ1v) is 6.18. The normalized spacial score (nSPS) is 31.1. The molecule has 1 unspecified atom stereocenters. The Morgan fingerprint density at radius 2 is 1.29 bits per heavy atom. The van der Waals surface area contributed by atoms with E-state index in [0.29, 0.717) is 0 Å². The minimum absolute atomic E-state index is 0.767. The fourth-order valence-corrected chi connectivity index (χ4v) is 2.72. The van der Waals surface area contributed by atoms with Gasteiger partial charge in [-0.2, -0.15) is 0 Å². The van der Waals surface area contributed by atoms with Crippen LogP contribution >= 0.6 is 0 Å². The van der Waals surface area contributed by atoms with E-state index in [2.05, 4.69) is 39.8 Å². The molecular formula is C13H27N. The molecule has 0 spiro atoms. The largest absolute Gasteiger partial charge is 0.306 e. The van der Waals surface area contributed by atoms with Crippen LogP contribution in [0.3, 0.4) is 0 Å². The fourth-order valence-electron chi connectivity index (χ4n) is 2.72. The van der Waals surface area contributed by atoms with Crippen LogP contribution in [0.4, 0.5) is 0 Å². The van der Waals surface area contributed by atoms with Gasteiger partial charge in [-0.05, 0) is 64.5 Å². The zero-order chi connectivity index (χ0) is 10.7. The molecule has 0 bridgehead atoms. The monoisotopic (exact) mass is 197 g/mol. The van der Waals surface area contributed by atoms with Crippen LogP contribution < -0.4 is 0 Å². The predicted octanol–water partition coefficient (Wildman–Crippen LogP) is 3.40. The lowest BCUT2D eigenvalue weighted by atomic mass is 9.75. The van der Waals surface area contributed by atoms with Crippen molar-refractivity contribution in [2.24, 2.45) is 17.8 Å². The number of hydrogen-bond acceptors (Lipinski definition) is 1. The molecule has 0 amide bonds. The maximum atomic E-state index is 2.38. The molecule has 1 rings (SSSR count). The Morgan fingerprint density at radius 3 is 1.64 bits per heavy atom. The van der Waals surface area contributed by atoms with Gasteiger partial charge in [-0.1, -0.05) is 13.8 Å². The van der Waals surface area contributed by atoms with E-state index in [9.17, 15) is 0 Å². The molecule has 1 atom stereocenters. The van der Waals surface area contributed by atoms with Crippen molar-refractivity contribution in [3.05, 3.63) is 0 Å². The van der Waals surface area contributed by atoms with Gasteiger partial charge in [0, 0.05) is 6.04 Å². The van der Waals surface area contributed by atoms with Crippen LogP contribution in [0.25, 0.3) is 0 Å². The van der Waals surface area contributed by atoms with Crippen LogP contribution in [0.1, 0.15) is 46.5 Å². The molecule has 0 aliphatic heterocycles. The summed E-state index contributed by atoms with van der Waals surface area (Å²) >= 11 is 0. The highest BCUT2D eigenvalue weighted by atomic mass is 15.1. The van der Waals surface area contributed by atoms with Gasteiger partial charge in [-0.15, -0.1) is 0 Å². The summed E-state index contributed by atoms with van der Waals surface area (Å²) in [5, 5.41) is 0. The van der Waals surface area contributed by atoms with Crippen molar-refractivity contribution in [1.82, 2.24) is 4.90 Å². The molecule has 1 nitrogen and oxygen atoms in total. The predicted molar refractivity (Wildman–Crippen MR) is 63.4 cm³/mol. The smallest absolute Gasteiger partial charge is 0.00891 e. The second kappa shape index (κ2) is 5.16. The van der Waals surface area contributed by atoms with Crippen LogP contribution in [-0.4, -0.2) is 25.0 Å². The SMILES string of the molecule is CC(C)C1CCC(C(C)N(C)C)CC1. The molecule has 0 aromatic carbocycles. The van der Waals surface area contributed by atoms with Crippen molar-refractivity contribution in [2.45, 2.75) is 52.5 Å². The highest BCUT2D eigenvalue weighted by molar-refractivity contribution is 4.80. The standard InChI is InChI=1S/C13H27N/c1-10(2)12-6-8-13(9-7-12)11(3)14(4)5/h10-13H,6-9H2,1-5H3. The summed E-state index contributed by atoms with van der Waals surface area (Å²) in [6.07, 6.45) is 5.81. The zero-order valence-electron chi connectivity index (χ0n) is 10.6. The third-order valence-electron chi connectivity index (χ3n) is 4.26. The van der Waals surface area contributed by atoms with Crippen molar-refractivity contribution < 1.29 is 0 Å². The van der Waals surface area contributed by atoms with E-state index < -0.39 is 0 Å². The Hall–Kier alpha value is -0.0400. The second-order valence-electron chi connectivity index (χ2n) is 5.62. The van der Waals surface area contributed by atoms with Crippen LogP contribution in [0.15, 0.2) is 0 Å². The lowest BCUT2D eigenvalue weighted by molar-refractivity contribution is 0.144. The van der Waals surface area contributed by atoms with Gasteiger partial charge in [-0.25, -0.2) is 0 Å². The first-order chi connectivity index (χ1) is 6.52. The number of nitrogens with zero attached hydrogens (tertiary/aromatic N) is 1. The summed E-state index contributed by atoms with van der Waals surface area (Å²) in [7, 11) is 4.42. The number of hydrogen-bond donors (Lipinski definition) is 0. The molecule has 1 heteroatoms. The summed E-state index contributed by atoms with van der Waals surface area (Å²) in [6.45, 7) is 7.13. The fraction of sp³-hybridized carbons (Fsp3) is 1.00. The van der Waals surface area contributed by atoms with E-state index >= 15 is 0 Å². The average molecular weight is 197 g/mol. The molecule has 1 saturated carbocycles. The third-order valence-corrected chi connectivity index (χ3v) is 4.26. The van der Waals surface area contributed by atoms with Gasteiger partial charge in [0.1, 0.15) is 0 Å². The first kappa shape index (κ1) is 12.0. The van der Waals surface area contributed by atoms with Crippen LogP contribution in [0.2, 0.25) is 0 Å². The Bertz CT molecular complexity index is 155. The average Bonchev–Trinajstić information content (AvgIpc) is 2.16. The van der Waals surface area contributed by atoms with E-state index in [0.717, 1.165) is 23.8 Å². The topological polar surface area (TPSA) is 3.24 Å². The van der Waals surface area contributed by atoms with Gasteiger partial charge in [0.15, 0.2) is 0 Å². The maximum absolute atomic E-state index is 2.38. The second-order valence-corrected chi connectivity index (χ2v) is 5.62. The Morgan fingerprint density at radius 1 is 0.857 bits per heavy atom. The van der Waals surface area contributed by atoms with Gasteiger partial charge in [0.2, 0.25) is 0 Å². The molecule has 0 saturated heterocycles. The Kier molecular flexibility index (Phi) is 4.43. The van der Waals surface area contributed by atoms with Gasteiger partial charge in [0.05, 0.1) is 0 Å². The summed E-state index contributed by atoms with van der Waals surface area (Å²) in [5.41, 5.74) is 0. The lowest BCUT2D eigenvalue weighted by Gasteiger charge is -2.36. The van der Waals surface area contributed by atoms with Gasteiger partial charge in [0.25, 0.3) is 0 Å². The van der Waals surface area contributed by atoms with Gasteiger partial charge < -0.3 is 4.90 Å². The number of rotatable bonds is 3. The highest BCUT2D eigenvalue weighted by Gasteiger charge is 2.27. The summed E-state index contributed by atoms with van der Waals surface area (Å²) in [5.74, 6) is 2.84. The quantitative estimate of drug-likeness (QED) is 0.670. The van der Waals surface area contributed by atoms with Crippen LogP contribution in [0, 0.1) is 17.8 Å². The molecule has 1 fully saturated rings. The van der Waals surface area contributed by atoms with Crippen molar-refractivity contribution in [2.75, 3.05) is 14.1 Å². The summed E-state index contributed by atoms with van der Waals surface area (Å²) in [4.78, 5) is 2.38. The molecule has 0 radical (unpaired) electrons. The molecule has 0 aromatic rings.